The number of unbranched alkanes of at least 4 members (excludes halogenated alkanes) is 32. The molecule has 0 unspecified atom stereocenters. The van der Waals surface area contributed by atoms with Crippen molar-refractivity contribution in [3.8, 4) is 0 Å². The van der Waals surface area contributed by atoms with Gasteiger partial charge in [0.15, 0.2) is 0 Å². The van der Waals surface area contributed by atoms with Gasteiger partial charge in [-0.15, -0.1) is 0 Å². The van der Waals surface area contributed by atoms with Crippen molar-refractivity contribution in [2.24, 2.45) is 0 Å². The fourth-order valence-corrected chi connectivity index (χ4v) is 6.46. The molecule has 0 rings (SSSR count). The molecule has 0 aromatic heterocycles. The summed E-state index contributed by atoms with van der Waals surface area (Å²) >= 11 is 9.46. The molecule has 0 spiro atoms. The maximum absolute atomic E-state index is 11.1. The number of carbonyl (C=O) groups is 2. The van der Waals surface area contributed by atoms with E-state index < -0.39 is 0 Å². The Labute approximate surface area is 388 Å². The van der Waals surface area contributed by atoms with Gasteiger partial charge >= 0.3 is 35.8 Å². The largest absolute Gasteiger partial charge is 2.00 e. The third-order valence-corrected chi connectivity index (χ3v) is 10.2. The minimum absolute atomic E-state index is 0. The van der Waals surface area contributed by atoms with Gasteiger partial charge in [-0.05, 0) is 12.8 Å². The molecule has 0 amide bonds. The molecule has 0 saturated carbocycles. The van der Waals surface area contributed by atoms with E-state index in [4.69, 9.17) is 34.7 Å². The van der Waals surface area contributed by atoms with Crippen LogP contribution < -0.4 is 0 Å². The first-order chi connectivity index (χ1) is 27.4. The molecule has 0 atom stereocenters. The molecule has 0 N–H and O–H groups in total. The molecular weight excluding hydrogens is 847 g/mol. The van der Waals surface area contributed by atoms with Crippen LogP contribution in [0.3, 0.4) is 0 Å². The Bertz CT molecular complexity index is 615. The maximum atomic E-state index is 11.1. The van der Waals surface area contributed by atoms with Crippen molar-refractivity contribution in [2.45, 2.75) is 272 Å². The van der Waals surface area contributed by atoms with Crippen LogP contribution in [0.25, 0.3) is 0 Å². The second-order valence-corrected chi connectivity index (χ2v) is 16.5. The van der Waals surface area contributed by atoms with Crippen LogP contribution in [0, 0.1) is 13.8 Å². The van der Waals surface area contributed by atoms with Crippen molar-refractivity contribution in [2.75, 3.05) is 24.7 Å². The van der Waals surface area contributed by atoms with Crippen LogP contribution in [0.2, 0.25) is 0 Å². The van der Waals surface area contributed by atoms with E-state index in [-0.39, 0.29) is 35.8 Å². The topological polar surface area (TPSA) is 52.6 Å². The van der Waals surface area contributed by atoms with E-state index in [9.17, 15) is 9.59 Å². The van der Waals surface area contributed by atoms with Gasteiger partial charge in [-0.2, -0.15) is 11.5 Å². The molecule has 7 heteroatoms. The second-order valence-electron chi connectivity index (χ2n) is 15.7. The average Bonchev–Trinajstić information content (AvgIpc) is 3.20. The predicted octanol–water partition coefficient (Wildman–Crippen LogP) is 16.3. The van der Waals surface area contributed by atoms with Gasteiger partial charge in [0, 0.05) is 12.8 Å². The first-order valence-electron chi connectivity index (χ1n) is 24.5. The number of carbonyl (C=O) groups excluding carboxylic acids is 2. The monoisotopic (exact) mass is 949 g/mol. The maximum Gasteiger partial charge on any atom is 2.00 e. The molecule has 0 saturated heterocycles. The van der Waals surface area contributed by atoms with Gasteiger partial charge in [0.05, 0.1) is 13.2 Å². The SMILES string of the molecule is CCCCCCCCCCCCCCOC(=O)CC[S-].CCCCCCCCCCCCCCOC(=O)CC[S-].[CH2]CCCCCCC.[CH2]CCCCCCC.[Sn+2]. The molecule has 57 heavy (non-hydrogen) atoms. The minimum Gasteiger partial charge on any atom is -0.792 e. The number of rotatable bonds is 40. The van der Waals surface area contributed by atoms with Crippen LogP contribution in [0.4, 0.5) is 0 Å². The van der Waals surface area contributed by atoms with Crippen LogP contribution >= 0.6 is 0 Å². The minimum atomic E-state index is -0.136. The summed E-state index contributed by atoms with van der Waals surface area (Å²) in [4.78, 5) is 22.1. The fourth-order valence-electron chi connectivity index (χ4n) is 6.13. The van der Waals surface area contributed by atoms with Gasteiger partial charge in [0.2, 0.25) is 0 Å². The molecule has 0 aliphatic heterocycles. The van der Waals surface area contributed by atoms with E-state index in [1.807, 2.05) is 0 Å². The summed E-state index contributed by atoms with van der Waals surface area (Å²) < 4.78 is 10.1. The van der Waals surface area contributed by atoms with E-state index in [1.54, 1.807) is 0 Å². The third kappa shape index (κ3) is 77.6. The number of hydrogen-bond acceptors (Lipinski definition) is 6. The zero-order chi connectivity index (χ0) is 42.3. The summed E-state index contributed by atoms with van der Waals surface area (Å²) in [7, 11) is 0. The van der Waals surface area contributed by atoms with Crippen LogP contribution in [0.15, 0.2) is 0 Å². The van der Waals surface area contributed by atoms with Crippen molar-refractivity contribution < 1.29 is 19.1 Å². The van der Waals surface area contributed by atoms with Crippen LogP contribution in [-0.2, 0) is 44.3 Å². The van der Waals surface area contributed by atoms with Crippen molar-refractivity contribution in [3.05, 3.63) is 13.8 Å². The Morgan fingerprint density at radius 2 is 0.544 bits per heavy atom. The van der Waals surface area contributed by atoms with Crippen LogP contribution in [0.1, 0.15) is 272 Å². The second kappa shape index (κ2) is 68.2. The molecular formula is C50H100O4S2Sn. The first-order valence-corrected chi connectivity index (χ1v) is 25.7. The molecule has 4 radical (unpaired) electrons. The normalized spacial score (nSPS) is 10.2. The quantitative estimate of drug-likeness (QED) is 0.0264. The van der Waals surface area contributed by atoms with E-state index >= 15 is 0 Å². The van der Waals surface area contributed by atoms with Crippen molar-refractivity contribution in [1.82, 2.24) is 0 Å². The number of ether oxygens (including phenoxy) is 2. The smallest absolute Gasteiger partial charge is 0.792 e. The first kappa shape index (κ1) is 66.5. The van der Waals surface area contributed by atoms with Crippen molar-refractivity contribution in [1.29, 1.82) is 0 Å². The zero-order valence-electron chi connectivity index (χ0n) is 39.1. The fraction of sp³-hybridized carbons (Fsp3) is 0.920. The molecule has 0 bridgehead atoms. The summed E-state index contributed by atoms with van der Waals surface area (Å²) in [6.07, 6.45) is 48.6. The molecule has 0 fully saturated rings. The summed E-state index contributed by atoms with van der Waals surface area (Å²) in [5.41, 5.74) is 0. The molecule has 0 aliphatic rings. The summed E-state index contributed by atoms with van der Waals surface area (Å²) in [6.45, 7) is 17.7. The van der Waals surface area contributed by atoms with Crippen molar-refractivity contribution >= 4 is 61.1 Å². The Balaban J connectivity index is -0.000000228. The summed E-state index contributed by atoms with van der Waals surface area (Å²) in [6, 6.07) is 0. The summed E-state index contributed by atoms with van der Waals surface area (Å²) in [5.74, 6) is 0.667. The average molecular weight is 948 g/mol. The van der Waals surface area contributed by atoms with Crippen molar-refractivity contribution in [3.63, 3.8) is 0 Å². The van der Waals surface area contributed by atoms with Gasteiger partial charge in [-0.1, -0.05) is 260 Å². The Morgan fingerprint density at radius 3 is 0.737 bits per heavy atom. The predicted molar refractivity (Wildman–Crippen MR) is 261 cm³/mol. The molecule has 340 valence electrons. The van der Waals surface area contributed by atoms with Gasteiger partial charge in [0.25, 0.3) is 0 Å². The number of hydrogen-bond donors (Lipinski definition) is 0. The van der Waals surface area contributed by atoms with E-state index in [0.29, 0.717) is 37.6 Å². The molecule has 0 heterocycles. The van der Waals surface area contributed by atoms with Crippen LogP contribution in [-0.4, -0.2) is 60.6 Å². The van der Waals surface area contributed by atoms with Gasteiger partial charge in [-0.3, -0.25) is 9.59 Å². The Kier molecular flexibility index (Phi) is 79.6. The van der Waals surface area contributed by atoms with E-state index in [2.05, 4.69) is 41.5 Å². The molecule has 0 aliphatic carbocycles. The Hall–Kier alpha value is 0.439. The van der Waals surface area contributed by atoms with E-state index in [0.717, 1.165) is 25.7 Å². The molecule has 4 nitrogen and oxygen atoms in total. The van der Waals surface area contributed by atoms with Crippen LogP contribution in [0.5, 0.6) is 0 Å². The standard InChI is InChI=1S/2C17H34O2S.2C8H17.Sn/c2*1-2-3-4-5-6-7-8-9-10-11-12-13-15-19-17(18)14-16-20;2*1-3-5-7-8-6-4-2;/h2*20H,2-16H2,1H3;2*1,3-8H2,2H3;/q;;;;+2/p-2. The Morgan fingerprint density at radius 1 is 0.351 bits per heavy atom. The van der Waals surface area contributed by atoms with E-state index in [1.165, 1.54) is 205 Å². The van der Waals surface area contributed by atoms with Gasteiger partial charge in [0.1, 0.15) is 0 Å². The molecule has 0 aromatic carbocycles. The number of esters is 2. The summed E-state index contributed by atoms with van der Waals surface area (Å²) in [5, 5.41) is 0. The zero-order valence-corrected chi connectivity index (χ0v) is 43.5. The van der Waals surface area contributed by atoms with Gasteiger partial charge in [-0.25, -0.2) is 0 Å². The third-order valence-electron chi connectivity index (χ3n) is 9.84. The molecule has 0 aromatic rings. The van der Waals surface area contributed by atoms with Gasteiger partial charge < -0.3 is 34.7 Å².